The molecule has 9 heteroatoms. The minimum atomic E-state index is -0.858. The van der Waals surface area contributed by atoms with Crippen molar-refractivity contribution in [3.05, 3.63) is 77.9 Å². The van der Waals surface area contributed by atoms with Gasteiger partial charge in [0.25, 0.3) is 0 Å². The van der Waals surface area contributed by atoms with Gasteiger partial charge in [-0.15, -0.1) is 0 Å². The molecule has 0 saturated heterocycles. The number of nitrogens with two attached hydrogens (primary N) is 1. The van der Waals surface area contributed by atoms with Gasteiger partial charge in [-0.1, -0.05) is 6.07 Å². The lowest BCUT2D eigenvalue weighted by molar-refractivity contribution is 0.0981. The average Bonchev–Trinajstić information content (AvgIpc) is 3.20. The molecule has 0 saturated carbocycles. The van der Waals surface area contributed by atoms with Gasteiger partial charge in [-0.3, -0.25) is 9.78 Å². The van der Waals surface area contributed by atoms with Crippen LogP contribution >= 0.6 is 0 Å². The SMILES string of the molecule is Nc1ncnn2c(-c3ccncc3)cc(C(=O)CCCCNCc3ccc(F)c(F)c3)c12. The number of carbonyl (C=O) groups excluding carboxylic acids is 1. The van der Waals surface area contributed by atoms with Crippen LogP contribution in [-0.2, 0) is 6.54 Å². The summed E-state index contributed by atoms with van der Waals surface area (Å²) in [6.07, 6.45) is 6.47. The van der Waals surface area contributed by atoms with Gasteiger partial charge in [0.2, 0.25) is 0 Å². The van der Waals surface area contributed by atoms with Crippen molar-refractivity contribution in [3.63, 3.8) is 0 Å². The molecular weight excluding hydrogens is 414 g/mol. The number of hydrogen-bond acceptors (Lipinski definition) is 6. The van der Waals surface area contributed by atoms with E-state index in [1.54, 1.807) is 29.0 Å². The standard InChI is InChI=1S/C23H22F2N6O/c24-18-5-4-15(11-19(18)25)13-28-8-2-1-3-21(32)17-12-20(16-6-9-27-10-7-16)31-22(17)23(26)29-14-30-31/h4-7,9-12,14,28H,1-3,8,13H2,(H2,26,29,30). The predicted molar refractivity (Wildman–Crippen MR) is 117 cm³/mol. The summed E-state index contributed by atoms with van der Waals surface area (Å²) in [5.74, 6) is -1.51. The van der Waals surface area contributed by atoms with Crippen molar-refractivity contribution < 1.29 is 13.6 Å². The first kappa shape index (κ1) is 21.5. The third kappa shape index (κ3) is 4.62. The van der Waals surface area contributed by atoms with Crippen LogP contribution in [-0.4, -0.2) is 31.9 Å². The number of aromatic nitrogens is 4. The van der Waals surface area contributed by atoms with Crippen LogP contribution in [0.5, 0.6) is 0 Å². The lowest BCUT2D eigenvalue weighted by Gasteiger charge is -2.06. The lowest BCUT2D eigenvalue weighted by Crippen LogP contribution is -2.15. The number of carbonyl (C=O) groups is 1. The van der Waals surface area contributed by atoms with Gasteiger partial charge in [0.05, 0.1) is 5.69 Å². The fraction of sp³-hybridized carbons (Fsp3) is 0.217. The number of hydrogen-bond donors (Lipinski definition) is 2. The minimum absolute atomic E-state index is 0.0371. The van der Waals surface area contributed by atoms with Gasteiger partial charge in [-0.25, -0.2) is 18.3 Å². The third-order valence-electron chi connectivity index (χ3n) is 5.18. The fourth-order valence-corrected chi connectivity index (χ4v) is 3.56. The van der Waals surface area contributed by atoms with Crippen molar-refractivity contribution in [3.8, 4) is 11.3 Å². The number of Topliss-reactive ketones (excluding diaryl/α,β-unsaturated/α-hetero) is 1. The number of ketones is 1. The molecule has 164 valence electrons. The van der Waals surface area contributed by atoms with Crippen molar-refractivity contribution in [2.45, 2.75) is 25.8 Å². The zero-order valence-electron chi connectivity index (χ0n) is 17.3. The summed E-state index contributed by atoms with van der Waals surface area (Å²) in [4.78, 5) is 21.0. The van der Waals surface area contributed by atoms with Gasteiger partial charge in [0, 0.05) is 36.5 Å². The maximum atomic E-state index is 13.2. The molecule has 7 nitrogen and oxygen atoms in total. The molecule has 0 unspecified atom stereocenters. The van der Waals surface area contributed by atoms with Gasteiger partial charge < -0.3 is 11.1 Å². The summed E-state index contributed by atoms with van der Waals surface area (Å²) in [5, 5.41) is 7.45. The lowest BCUT2D eigenvalue weighted by atomic mass is 10.1. The molecule has 1 aromatic carbocycles. The Morgan fingerprint density at radius 1 is 1.06 bits per heavy atom. The van der Waals surface area contributed by atoms with Crippen LogP contribution in [0.4, 0.5) is 14.6 Å². The van der Waals surface area contributed by atoms with Crippen molar-refractivity contribution in [2.24, 2.45) is 0 Å². The first-order valence-corrected chi connectivity index (χ1v) is 10.2. The molecule has 0 aliphatic heterocycles. The van der Waals surface area contributed by atoms with Crippen LogP contribution in [0.2, 0.25) is 0 Å². The summed E-state index contributed by atoms with van der Waals surface area (Å²) in [7, 11) is 0. The summed E-state index contributed by atoms with van der Waals surface area (Å²) >= 11 is 0. The summed E-state index contributed by atoms with van der Waals surface area (Å²) in [6.45, 7) is 1.08. The second-order valence-corrected chi connectivity index (χ2v) is 7.39. The highest BCUT2D eigenvalue weighted by atomic mass is 19.2. The quantitative estimate of drug-likeness (QED) is 0.306. The molecule has 4 rings (SSSR count). The summed E-state index contributed by atoms with van der Waals surface area (Å²) in [5.41, 5.74) is 9.33. The number of fused-ring (bicyclic) bond motifs is 1. The Bertz CT molecular complexity index is 1240. The highest BCUT2D eigenvalue weighted by Gasteiger charge is 2.19. The number of benzene rings is 1. The van der Waals surface area contributed by atoms with E-state index in [0.717, 1.165) is 23.7 Å². The van der Waals surface area contributed by atoms with Gasteiger partial charge >= 0.3 is 0 Å². The molecule has 4 aromatic rings. The van der Waals surface area contributed by atoms with E-state index < -0.39 is 11.6 Å². The molecule has 0 atom stereocenters. The smallest absolute Gasteiger partial charge is 0.165 e. The molecule has 32 heavy (non-hydrogen) atoms. The largest absolute Gasteiger partial charge is 0.382 e. The number of nitrogens with one attached hydrogen (secondary N) is 1. The van der Waals surface area contributed by atoms with Gasteiger partial charge in [0.15, 0.2) is 23.2 Å². The third-order valence-corrected chi connectivity index (χ3v) is 5.18. The van der Waals surface area contributed by atoms with Crippen LogP contribution in [0, 0.1) is 11.6 Å². The van der Waals surface area contributed by atoms with E-state index in [9.17, 15) is 13.6 Å². The van der Waals surface area contributed by atoms with Crippen molar-refractivity contribution in [1.82, 2.24) is 24.9 Å². The molecule has 0 radical (unpaired) electrons. The molecule has 0 amide bonds. The monoisotopic (exact) mass is 436 g/mol. The Kier molecular flexibility index (Phi) is 6.46. The number of rotatable bonds is 9. The maximum Gasteiger partial charge on any atom is 0.165 e. The minimum Gasteiger partial charge on any atom is -0.382 e. The predicted octanol–water partition coefficient (Wildman–Crippen LogP) is 3.79. The molecule has 0 fully saturated rings. The second kappa shape index (κ2) is 9.61. The van der Waals surface area contributed by atoms with E-state index >= 15 is 0 Å². The Balaban J connectivity index is 1.37. The van der Waals surface area contributed by atoms with E-state index in [1.807, 2.05) is 12.1 Å². The molecule has 0 aliphatic carbocycles. The molecule has 3 N–H and O–H groups in total. The molecular formula is C23H22F2N6O. The normalized spacial score (nSPS) is 11.2. The highest BCUT2D eigenvalue weighted by Crippen LogP contribution is 2.28. The zero-order valence-corrected chi connectivity index (χ0v) is 17.3. The number of nitrogen functional groups attached to an aromatic ring is 1. The Morgan fingerprint density at radius 2 is 1.88 bits per heavy atom. The Hall–Kier alpha value is -3.72. The number of nitrogens with zero attached hydrogens (tertiary/aromatic N) is 4. The van der Waals surface area contributed by atoms with Crippen LogP contribution < -0.4 is 11.1 Å². The molecule has 0 bridgehead atoms. The molecule has 3 heterocycles. The van der Waals surface area contributed by atoms with E-state index in [0.29, 0.717) is 42.6 Å². The number of halogens is 2. The van der Waals surface area contributed by atoms with E-state index in [1.165, 1.54) is 12.4 Å². The first-order chi connectivity index (χ1) is 15.5. The van der Waals surface area contributed by atoms with Gasteiger partial charge in [-0.05, 0) is 55.3 Å². The van der Waals surface area contributed by atoms with Crippen LogP contribution in [0.1, 0.15) is 35.2 Å². The number of unbranched alkanes of at least 4 members (excludes halogenated alkanes) is 1. The zero-order chi connectivity index (χ0) is 22.5. The molecule has 3 aromatic heterocycles. The van der Waals surface area contributed by atoms with Crippen LogP contribution in [0.15, 0.2) is 55.1 Å². The van der Waals surface area contributed by atoms with E-state index in [2.05, 4.69) is 20.4 Å². The fourth-order valence-electron chi connectivity index (χ4n) is 3.56. The second-order valence-electron chi connectivity index (χ2n) is 7.39. The average molecular weight is 436 g/mol. The van der Waals surface area contributed by atoms with Crippen molar-refractivity contribution in [2.75, 3.05) is 12.3 Å². The van der Waals surface area contributed by atoms with Crippen LogP contribution in [0.25, 0.3) is 16.8 Å². The Labute approximate surface area is 183 Å². The highest BCUT2D eigenvalue weighted by molar-refractivity contribution is 6.06. The topological polar surface area (TPSA) is 98.2 Å². The van der Waals surface area contributed by atoms with E-state index in [-0.39, 0.29) is 11.6 Å². The summed E-state index contributed by atoms with van der Waals surface area (Å²) < 4.78 is 27.9. The molecule has 0 spiro atoms. The maximum absolute atomic E-state index is 13.2. The van der Waals surface area contributed by atoms with Crippen LogP contribution in [0.3, 0.4) is 0 Å². The summed E-state index contributed by atoms with van der Waals surface area (Å²) in [6, 6.07) is 9.30. The number of pyridine rings is 1. The van der Waals surface area contributed by atoms with Gasteiger partial charge in [-0.2, -0.15) is 5.10 Å². The van der Waals surface area contributed by atoms with E-state index in [4.69, 9.17) is 5.73 Å². The molecule has 0 aliphatic rings. The first-order valence-electron chi connectivity index (χ1n) is 10.2. The van der Waals surface area contributed by atoms with Crippen molar-refractivity contribution >= 4 is 17.1 Å². The Morgan fingerprint density at radius 3 is 2.66 bits per heavy atom. The van der Waals surface area contributed by atoms with Gasteiger partial charge in [0.1, 0.15) is 11.8 Å². The van der Waals surface area contributed by atoms with Crippen molar-refractivity contribution in [1.29, 1.82) is 0 Å². The number of anilines is 1.